The van der Waals surface area contributed by atoms with E-state index in [1.54, 1.807) is 0 Å². The molecule has 0 aliphatic rings. The first-order valence-electron chi connectivity index (χ1n) is 3.50. The van der Waals surface area contributed by atoms with E-state index in [1.165, 1.54) is 24.3 Å². The van der Waals surface area contributed by atoms with Gasteiger partial charge in [0.2, 0.25) is 0 Å². The van der Waals surface area contributed by atoms with E-state index in [1.807, 2.05) is 0 Å². The molecule has 0 unspecified atom stereocenters. The van der Waals surface area contributed by atoms with Crippen molar-refractivity contribution in [1.29, 1.82) is 0 Å². The van der Waals surface area contributed by atoms with Crippen molar-refractivity contribution in [2.45, 2.75) is 0 Å². The maximum absolute atomic E-state index is 10.0. The fourth-order valence-electron chi connectivity index (χ4n) is 0.808. The van der Waals surface area contributed by atoms with Gasteiger partial charge in [-0.2, -0.15) is 0 Å². The topological polar surface area (TPSA) is 77.4 Å². The van der Waals surface area contributed by atoms with Crippen molar-refractivity contribution in [2.75, 3.05) is 0 Å². The van der Waals surface area contributed by atoms with Crippen LogP contribution in [-0.4, -0.2) is 16.2 Å². The van der Waals surface area contributed by atoms with E-state index in [-0.39, 0.29) is 11.5 Å². The van der Waals surface area contributed by atoms with Gasteiger partial charge in [-0.1, -0.05) is 6.07 Å². The lowest BCUT2D eigenvalue weighted by Crippen LogP contribution is -1.82. The molecule has 0 aliphatic heterocycles. The van der Waals surface area contributed by atoms with Crippen LogP contribution in [0.4, 0.5) is 0 Å². The Labute approximate surface area is 74.4 Å². The first-order chi connectivity index (χ1) is 6.09. The number of rotatable bonds is 2. The van der Waals surface area contributed by atoms with Gasteiger partial charge in [-0.05, 0) is 23.8 Å². The second-order valence-electron chi connectivity index (χ2n) is 2.40. The van der Waals surface area contributed by atoms with E-state index in [2.05, 4.69) is 0 Å². The molecule has 4 heteroatoms. The van der Waals surface area contributed by atoms with Crippen molar-refractivity contribution in [2.24, 2.45) is 0 Å². The molecule has 0 amide bonds. The average Bonchev–Trinajstić information content (AvgIpc) is 2.07. The molecule has 13 heavy (non-hydrogen) atoms. The lowest BCUT2D eigenvalue weighted by Gasteiger charge is -1.97. The van der Waals surface area contributed by atoms with Crippen LogP contribution in [0.3, 0.4) is 0 Å². The molecule has 0 bridgehead atoms. The summed E-state index contributed by atoms with van der Waals surface area (Å²) in [6.45, 7) is 0. The van der Waals surface area contributed by atoms with E-state index in [9.17, 15) is 9.90 Å². The highest BCUT2D eigenvalue weighted by molar-refractivity contribution is 5.85. The summed E-state index contributed by atoms with van der Waals surface area (Å²) in [5, 5.41) is 28.0. The summed E-state index contributed by atoms with van der Waals surface area (Å²) < 4.78 is 0. The smallest absolute Gasteiger partial charge is 0.379 e. The molecule has 0 heterocycles. The molecular weight excluding hydrogens is 172 g/mol. The summed E-state index contributed by atoms with van der Waals surface area (Å²) in [4.78, 5) is 10.0. The van der Waals surface area contributed by atoms with E-state index in [0.29, 0.717) is 5.56 Å². The van der Waals surface area contributed by atoms with E-state index >= 15 is 0 Å². The van der Waals surface area contributed by atoms with Crippen molar-refractivity contribution in [3.63, 3.8) is 0 Å². The van der Waals surface area contributed by atoms with Gasteiger partial charge >= 0.3 is 5.97 Å². The number of benzene rings is 1. The zero-order chi connectivity index (χ0) is 9.84. The van der Waals surface area contributed by atoms with Gasteiger partial charge in [-0.25, -0.2) is 9.90 Å². The zero-order valence-corrected chi connectivity index (χ0v) is 6.60. The Balaban J connectivity index is 2.92. The standard InChI is InChI=1S/C9H7O4/c10-7-3-1-6(5-8(7)11)2-4-9(12)13/h1-5,10-11H/b4-2+. The Bertz CT molecular complexity index is 355. The molecule has 0 saturated heterocycles. The van der Waals surface area contributed by atoms with Crippen molar-refractivity contribution >= 4 is 12.0 Å². The van der Waals surface area contributed by atoms with Crippen LogP contribution in [0.5, 0.6) is 11.5 Å². The Morgan fingerprint density at radius 2 is 1.92 bits per heavy atom. The van der Waals surface area contributed by atoms with Crippen LogP contribution in [0.2, 0.25) is 0 Å². The number of carbonyl (C=O) groups is 1. The predicted octanol–water partition coefficient (Wildman–Crippen LogP) is 1.07. The molecule has 1 aromatic rings. The lowest BCUT2D eigenvalue weighted by molar-refractivity contribution is -0.137. The van der Waals surface area contributed by atoms with E-state index in [4.69, 9.17) is 10.2 Å². The highest BCUT2D eigenvalue weighted by Gasteiger charge is 1.98. The largest absolute Gasteiger partial charge is 0.504 e. The van der Waals surface area contributed by atoms with E-state index in [0.717, 1.165) is 6.08 Å². The molecule has 0 saturated carbocycles. The Morgan fingerprint density at radius 3 is 2.46 bits per heavy atom. The first kappa shape index (κ1) is 9.12. The molecule has 0 spiro atoms. The monoisotopic (exact) mass is 179 g/mol. The van der Waals surface area contributed by atoms with Gasteiger partial charge in [0, 0.05) is 6.08 Å². The van der Waals surface area contributed by atoms with Gasteiger partial charge in [-0.15, -0.1) is 0 Å². The van der Waals surface area contributed by atoms with Crippen LogP contribution in [0.15, 0.2) is 24.3 Å². The summed E-state index contributed by atoms with van der Waals surface area (Å²) in [5.74, 6) is -1.85. The number of aromatic hydroxyl groups is 2. The van der Waals surface area contributed by atoms with Gasteiger partial charge in [0.1, 0.15) is 0 Å². The van der Waals surface area contributed by atoms with Crippen molar-refractivity contribution in [1.82, 2.24) is 0 Å². The molecule has 0 aromatic heterocycles. The molecule has 1 rings (SSSR count). The minimum Gasteiger partial charge on any atom is -0.504 e. The van der Waals surface area contributed by atoms with Crippen molar-refractivity contribution < 1.29 is 20.1 Å². The molecule has 0 fully saturated rings. The Kier molecular flexibility index (Phi) is 2.54. The third kappa shape index (κ3) is 2.52. The van der Waals surface area contributed by atoms with Crippen LogP contribution >= 0.6 is 0 Å². The first-order valence-corrected chi connectivity index (χ1v) is 3.50. The zero-order valence-electron chi connectivity index (χ0n) is 6.60. The third-order valence-electron chi connectivity index (χ3n) is 1.41. The maximum Gasteiger partial charge on any atom is 0.379 e. The molecule has 0 aliphatic carbocycles. The van der Waals surface area contributed by atoms with Crippen LogP contribution in [-0.2, 0) is 9.90 Å². The van der Waals surface area contributed by atoms with Crippen LogP contribution < -0.4 is 0 Å². The Morgan fingerprint density at radius 1 is 1.23 bits per heavy atom. The maximum atomic E-state index is 10.0. The van der Waals surface area contributed by atoms with Crippen LogP contribution in [0.1, 0.15) is 5.56 Å². The number of phenols is 2. The molecule has 1 aromatic carbocycles. The van der Waals surface area contributed by atoms with Crippen LogP contribution in [0, 0.1) is 0 Å². The van der Waals surface area contributed by atoms with Gasteiger partial charge in [0.25, 0.3) is 0 Å². The molecule has 4 nitrogen and oxygen atoms in total. The lowest BCUT2D eigenvalue weighted by atomic mass is 10.2. The fraction of sp³-hybridized carbons (Fsp3) is 0. The SMILES string of the molecule is [O]C(=O)/C=C/c1ccc(O)c(O)c1. The molecular formula is C9H7O4. The van der Waals surface area contributed by atoms with Gasteiger partial charge < -0.3 is 10.2 Å². The summed E-state index contributed by atoms with van der Waals surface area (Å²) in [6, 6.07) is 3.98. The third-order valence-corrected chi connectivity index (χ3v) is 1.41. The minimum atomic E-state index is -1.31. The molecule has 0 atom stereocenters. The number of hydrogen-bond donors (Lipinski definition) is 2. The summed E-state index contributed by atoms with van der Waals surface area (Å²) in [7, 11) is 0. The Hall–Kier alpha value is -1.97. The van der Waals surface area contributed by atoms with Gasteiger partial charge in [0.15, 0.2) is 11.5 Å². The van der Waals surface area contributed by atoms with Crippen molar-refractivity contribution in [3.05, 3.63) is 29.8 Å². The quantitative estimate of drug-likeness (QED) is 0.526. The summed E-state index contributed by atoms with van der Waals surface area (Å²) in [5.41, 5.74) is 0.472. The molecule has 67 valence electrons. The van der Waals surface area contributed by atoms with Crippen LogP contribution in [0.25, 0.3) is 6.08 Å². The van der Waals surface area contributed by atoms with Gasteiger partial charge in [0.05, 0.1) is 0 Å². The second kappa shape index (κ2) is 3.62. The second-order valence-corrected chi connectivity index (χ2v) is 2.40. The highest BCUT2D eigenvalue weighted by atomic mass is 16.4. The number of hydrogen-bond acceptors (Lipinski definition) is 3. The van der Waals surface area contributed by atoms with E-state index < -0.39 is 5.97 Å². The summed E-state index contributed by atoms with van der Waals surface area (Å²) in [6.07, 6.45) is 2.10. The van der Waals surface area contributed by atoms with Crippen molar-refractivity contribution in [3.8, 4) is 11.5 Å². The molecule has 2 N–H and O–H groups in total. The number of carbonyl (C=O) groups excluding carboxylic acids is 1. The number of phenolic OH excluding ortho intramolecular Hbond substituents is 2. The average molecular weight is 179 g/mol. The highest BCUT2D eigenvalue weighted by Crippen LogP contribution is 2.25. The molecule has 1 radical (unpaired) electrons. The normalized spacial score (nSPS) is 10.5. The predicted molar refractivity (Wildman–Crippen MR) is 44.5 cm³/mol. The minimum absolute atomic E-state index is 0.245. The summed E-state index contributed by atoms with van der Waals surface area (Å²) >= 11 is 0. The fourth-order valence-corrected chi connectivity index (χ4v) is 0.808. The van der Waals surface area contributed by atoms with Gasteiger partial charge in [-0.3, -0.25) is 0 Å².